The Labute approximate surface area is 225 Å². The highest BCUT2D eigenvalue weighted by atomic mass is 19.4. The van der Waals surface area contributed by atoms with Gasteiger partial charge in [-0.25, -0.2) is 9.59 Å². The number of benzene rings is 2. The van der Waals surface area contributed by atoms with Crippen molar-refractivity contribution in [1.82, 2.24) is 10.2 Å². The molecule has 0 saturated carbocycles. The molecule has 2 heterocycles. The van der Waals surface area contributed by atoms with Crippen LogP contribution in [0.3, 0.4) is 0 Å². The lowest BCUT2D eigenvalue weighted by atomic mass is 9.92. The molecule has 4 rings (SSSR count). The number of rotatable bonds is 10. The number of hydrogen-bond donors (Lipinski definition) is 1. The average molecular weight is 562 g/mol. The second kappa shape index (κ2) is 11.0. The highest BCUT2D eigenvalue weighted by Gasteiger charge is 2.48. The van der Waals surface area contributed by atoms with Crippen molar-refractivity contribution in [3.8, 4) is 5.75 Å². The molecule has 1 fully saturated rings. The van der Waals surface area contributed by atoms with E-state index in [9.17, 15) is 37.7 Å². The van der Waals surface area contributed by atoms with Crippen LogP contribution in [0.15, 0.2) is 51.7 Å². The molecule has 1 N–H and O–H groups in total. The molecule has 1 aliphatic rings. The number of alkyl halides is 3. The van der Waals surface area contributed by atoms with Crippen LogP contribution < -0.4 is 15.7 Å². The fraction of sp³-hybridized carbons (Fsp3) is 0.370. The Hall–Kier alpha value is -4.42. The highest BCUT2D eigenvalue weighted by Crippen LogP contribution is 2.37. The molecule has 2 aromatic carbocycles. The number of halogens is 3. The van der Waals surface area contributed by atoms with Crippen molar-refractivity contribution in [2.45, 2.75) is 51.2 Å². The third kappa shape index (κ3) is 5.49. The van der Waals surface area contributed by atoms with E-state index in [0.29, 0.717) is 42.9 Å². The molecule has 40 heavy (non-hydrogen) atoms. The molecule has 212 valence electrons. The van der Waals surface area contributed by atoms with Crippen LogP contribution in [-0.4, -0.2) is 34.9 Å². The zero-order valence-electron chi connectivity index (χ0n) is 21.7. The Kier molecular flexibility index (Phi) is 7.85. The van der Waals surface area contributed by atoms with Crippen LogP contribution in [0.1, 0.15) is 49.8 Å². The third-order valence-electron chi connectivity index (χ3n) is 6.74. The zero-order valence-corrected chi connectivity index (χ0v) is 21.7. The number of hydrogen-bond acceptors (Lipinski definition) is 7. The Morgan fingerprint density at radius 1 is 1.10 bits per heavy atom. The first-order valence-corrected chi connectivity index (χ1v) is 12.6. The highest BCUT2D eigenvalue weighted by molar-refractivity contribution is 6.07. The van der Waals surface area contributed by atoms with Crippen molar-refractivity contribution < 1.29 is 36.8 Å². The van der Waals surface area contributed by atoms with Gasteiger partial charge in [-0.1, -0.05) is 13.3 Å². The van der Waals surface area contributed by atoms with Gasteiger partial charge in [0.1, 0.15) is 16.9 Å². The SMILES string of the molecule is CCCc1c(OCCCCN2C(=O)NC(C)(c3ccc([N+](=O)[O-])cc3)C2=O)ccc2c(C(F)(F)F)cc(=O)oc12. The fourth-order valence-electron chi connectivity index (χ4n) is 4.69. The van der Waals surface area contributed by atoms with E-state index in [1.165, 1.54) is 43.3 Å². The van der Waals surface area contributed by atoms with Crippen molar-refractivity contribution in [2.24, 2.45) is 0 Å². The van der Waals surface area contributed by atoms with Crippen molar-refractivity contribution in [3.05, 3.63) is 79.7 Å². The van der Waals surface area contributed by atoms with Gasteiger partial charge in [0.25, 0.3) is 11.6 Å². The van der Waals surface area contributed by atoms with Crippen molar-refractivity contribution >= 4 is 28.6 Å². The normalized spacial score (nSPS) is 17.4. The molecule has 0 radical (unpaired) electrons. The molecule has 13 heteroatoms. The van der Waals surface area contributed by atoms with Crippen LogP contribution in [0.5, 0.6) is 5.75 Å². The Morgan fingerprint density at radius 2 is 1.80 bits per heavy atom. The van der Waals surface area contributed by atoms with Gasteiger partial charge in [0.2, 0.25) is 0 Å². The number of fused-ring (bicyclic) bond motifs is 1. The minimum absolute atomic E-state index is 0.0833. The number of nitrogens with one attached hydrogen (secondary N) is 1. The number of imide groups is 1. The topological polar surface area (TPSA) is 132 Å². The number of urea groups is 1. The van der Waals surface area contributed by atoms with E-state index < -0.39 is 39.8 Å². The predicted octanol–water partition coefficient (Wildman–Crippen LogP) is 5.30. The van der Waals surface area contributed by atoms with Crippen LogP contribution in [0.4, 0.5) is 23.7 Å². The third-order valence-corrected chi connectivity index (χ3v) is 6.74. The van der Waals surface area contributed by atoms with Gasteiger partial charge in [-0.05, 0) is 56.0 Å². The van der Waals surface area contributed by atoms with Crippen LogP contribution in [0, 0.1) is 10.1 Å². The fourth-order valence-corrected chi connectivity index (χ4v) is 4.69. The smallest absolute Gasteiger partial charge is 0.417 e. The molecule has 0 aliphatic carbocycles. The second-order valence-electron chi connectivity index (χ2n) is 9.52. The number of nitro groups is 1. The summed E-state index contributed by atoms with van der Waals surface area (Å²) in [6.45, 7) is 3.57. The second-order valence-corrected chi connectivity index (χ2v) is 9.52. The number of aryl methyl sites for hydroxylation is 1. The summed E-state index contributed by atoms with van der Waals surface area (Å²) in [6.07, 6.45) is -3.06. The first kappa shape index (κ1) is 28.6. The lowest BCUT2D eigenvalue weighted by Crippen LogP contribution is -2.41. The van der Waals surface area contributed by atoms with E-state index in [1.807, 2.05) is 6.92 Å². The molecule has 1 aliphatic heterocycles. The standard InChI is InChI=1S/C27H26F3N3O7/c1-3-6-19-21(12-11-18-20(27(28,29)30)15-22(34)40-23(18)19)39-14-5-4-13-32-24(35)26(2,31-25(32)36)16-7-9-17(10-8-16)33(37)38/h7-12,15H,3-6,13-14H2,1-2H3,(H,31,36). The van der Waals surface area contributed by atoms with Gasteiger partial charge < -0.3 is 14.5 Å². The van der Waals surface area contributed by atoms with Crippen LogP contribution in [-0.2, 0) is 22.9 Å². The maximum atomic E-state index is 13.5. The van der Waals surface area contributed by atoms with Crippen molar-refractivity contribution in [2.75, 3.05) is 13.2 Å². The molecule has 10 nitrogen and oxygen atoms in total. The maximum Gasteiger partial charge on any atom is 0.417 e. The molecular weight excluding hydrogens is 535 g/mol. The van der Waals surface area contributed by atoms with E-state index in [-0.39, 0.29) is 35.6 Å². The maximum absolute atomic E-state index is 13.5. The van der Waals surface area contributed by atoms with E-state index >= 15 is 0 Å². The minimum Gasteiger partial charge on any atom is -0.493 e. The predicted molar refractivity (Wildman–Crippen MR) is 137 cm³/mol. The van der Waals surface area contributed by atoms with Gasteiger partial charge in [0.05, 0.1) is 17.1 Å². The molecule has 3 amide bonds. The summed E-state index contributed by atoms with van der Waals surface area (Å²) in [4.78, 5) is 48.9. The number of amides is 3. The number of ether oxygens (including phenoxy) is 1. The number of nitro benzene ring substituents is 1. The van der Waals surface area contributed by atoms with Crippen molar-refractivity contribution in [1.29, 1.82) is 0 Å². The summed E-state index contributed by atoms with van der Waals surface area (Å²) in [5.74, 6) is -0.208. The van der Waals surface area contributed by atoms with E-state index in [4.69, 9.17) is 9.15 Å². The van der Waals surface area contributed by atoms with E-state index in [2.05, 4.69) is 5.32 Å². The number of unbranched alkanes of at least 4 members (excludes halogenated alkanes) is 1. The first-order valence-electron chi connectivity index (χ1n) is 12.6. The lowest BCUT2D eigenvalue weighted by molar-refractivity contribution is -0.384. The molecule has 1 unspecified atom stereocenters. The Balaban J connectivity index is 1.41. The molecule has 1 saturated heterocycles. The van der Waals surface area contributed by atoms with Gasteiger partial charge >= 0.3 is 17.8 Å². The van der Waals surface area contributed by atoms with Gasteiger partial charge in [0.15, 0.2) is 0 Å². The molecule has 1 atom stereocenters. The Morgan fingerprint density at radius 3 is 2.42 bits per heavy atom. The van der Waals surface area contributed by atoms with E-state index in [1.54, 1.807) is 0 Å². The summed E-state index contributed by atoms with van der Waals surface area (Å²) in [7, 11) is 0. The number of carbonyl (C=O) groups excluding carboxylic acids is 2. The molecule has 0 bridgehead atoms. The summed E-state index contributed by atoms with van der Waals surface area (Å²) in [5, 5.41) is 13.3. The number of carbonyl (C=O) groups is 2. The van der Waals surface area contributed by atoms with Crippen LogP contribution in [0.25, 0.3) is 11.0 Å². The summed E-state index contributed by atoms with van der Waals surface area (Å²) in [6, 6.07) is 7.82. The van der Waals surface area contributed by atoms with Crippen molar-refractivity contribution in [3.63, 3.8) is 0 Å². The van der Waals surface area contributed by atoms with Gasteiger partial charge in [-0.15, -0.1) is 0 Å². The average Bonchev–Trinajstić information content (AvgIpc) is 3.12. The first-order chi connectivity index (χ1) is 18.9. The van der Waals surface area contributed by atoms with Crippen LogP contribution >= 0.6 is 0 Å². The largest absolute Gasteiger partial charge is 0.493 e. The summed E-state index contributed by atoms with van der Waals surface area (Å²) < 4.78 is 51.4. The molecule has 0 spiro atoms. The van der Waals surface area contributed by atoms with Gasteiger partial charge in [0, 0.05) is 35.7 Å². The monoisotopic (exact) mass is 561 g/mol. The van der Waals surface area contributed by atoms with Gasteiger partial charge in [-0.3, -0.25) is 19.8 Å². The van der Waals surface area contributed by atoms with E-state index in [0.717, 1.165) is 4.90 Å². The minimum atomic E-state index is -4.73. The molecule has 1 aromatic heterocycles. The van der Waals surface area contributed by atoms with Gasteiger partial charge in [-0.2, -0.15) is 13.2 Å². The Bertz CT molecular complexity index is 1520. The zero-order chi connectivity index (χ0) is 29.2. The summed E-state index contributed by atoms with van der Waals surface area (Å²) in [5.41, 5.74) is -3.09. The number of nitrogens with zero attached hydrogens (tertiary/aromatic N) is 2. The quantitative estimate of drug-likeness (QED) is 0.117. The lowest BCUT2D eigenvalue weighted by Gasteiger charge is -2.22. The number of non-ortho nitro benzene ring substituents is 1. The summed E-state index contributed by atoms with van der Waals surface area (Å²) >= 11 is 0. The molecular formula is C27H26F3N3O7. The molecule has 3 aromatic rings. The van der Waals surface area contributed by atoms with Crippen LogP contribution in [0.2, 0.25) is 0 Å².